The van der Waals surface area contributed by atoms with Gasteiger partial charge in [-0.3, -0.25) is 0 Å². The van der Waals surface area contributed by atoms with Gasteiger partial charge in [-0.05, 0) is 54.8 Å². The molecule has 6 nitrogen and oxygen atoms in total. The van der Waals surface area contributed by atoms with Crippen LogP contribution in [0, 0.1) is 0 Å². The molecule has 0 spiro atoms. The molecular formula is C19H21ClN2O4S. The van der Waals surface area contributed by atoms with Gasteiger partial charge < -0.3 is 14.4 Å². The molecule has 2 aromatic rings. The summed E-state index contributed by atoms with van der Waals surface area (Å²) in [6.07, 6.45) is 1.58. The van der Waals surface area contributed by atoms with E-state index >= 15 is 0 Å². The van der Waals surface area contributed by atoms with Crippen molar-refractivity contribution in [2.24, 2.45) is 5.14 Å². The number of anilines is 1. The van der Waals surface area contributed by atoms with Crippen molar-refractivity contribution in [3.63, 3.8) is 0 Å². The van der Waals surface area contributed by atoms with E-state index in [1.165, 1.54) is 0 Å². The predicted molar refractivity (Wildman–Crippen MR) is 104 cm³/mol. The Kier molecular flexibility index (Phi) is 4.70. The summed E-state index contributed by atoms with van der Waals surface area (Å²) in [5.41, 5.74) is 3.01. The van der Waals surface area contributed by atoms with E-state index in [0.717, 1.165) is 29.7 Å². The van der Waals surface area contributed by atoms with Gasteiger partial charge in [0.15, 0.2) is 11.5 Å². The van der Waals surface area contributed by atoms with Crippen LogP contribution < -0.4 is 19.5 Å². The van der Waals surface area contributed by atoms with Crippen molar-refractivity contribution >= 4 is 27.3 Å². The quantitative estimate of drug-likeness (QED) is 0.843. The maximum absolute atomic E-state index is 11.6. The van der Waals surface area contributed by atoms with Gasteiger partial charge >= 0.3 is 0 Å². The first kappa shape index (κ1) is 18.4. The summed E-state index contributed by atoms with van der Waals surface area (Å²) in [5.74, 6) is 1.28. The molecule has 2 aliphatic heterocycles. The number of hydrogen-bond donors (Lipinski definition) is 1. The van der Waals surface area contributed by atoms with Gasteiger partial charge in [0.25, 0.3) is 0 Å². The van der Waals surface area contributed by atoms with Crippen LogP contribution in [0.3, 0.4) is 0 Å². The lowest BCUT2D eigenvalue weighted by molar-refractivity contribution is 0.297. The first-order chi connectivity index (χ1) is 12.8. The van der Waals surface area contributed by atoms with Crippen molar-refractivity contribution in [3.8, 4) is 11.5 Å². The Labute approximate surface area is 163 Å². The van der Waals surface area contributed by atoms with E-state index in [9.17, 15) is 8.42 Å². The summed E-state index contributed by atoms with van der Waals surface area (Å²) in [6, 6.07) is 9.14. The number of sulfonamides is 1. The number of nitrogens with zero attached hydrogens (tertiary/aromatic N) is 1. The number of primary sulfonamides is 1. The van der Waals surface area contributed by atoms with Gasteiger partial charge in [0, 0.05) is 24.7 Å². The molecule has 0 aromatic heterocycles. The molecule has 2 aliphatic rings. The van der Waals surface area contributed by atoms with E-state index in [4.69, 9.17) is 26.2 Å². The fourth-order valence-electron chi connectivity index (χ4n) is 3.66. The number of benzene rings is 2. The fraction of sp³-hybridized carbons (Fsp3) is 0.368. The number of halogens is 1. The Hall–Kier alpha value is -1.96. The van der Waals surface area contributed by atoms with Gasteiger partial charge in [0.05, 0.1) is 23.1 Å². The topological polar surface area (TPSA) is 81.9 Å². The summed E-state index contributed by atoms with van der Waals surface area (Å²) in [5, 5.41) is 5.80. The summed E-state index contributed by atoms with van der Waals surface area (Å²) in [6.45, 7) is 3.95. The van der Waals surface area contributed by atoms with Gasteiger partial charge in [0.1, 0.15) is 0 Å². The molecule has 144 valence electrons. The van der Waals surface area contributed by atoms with Crippen molar-refractivity contribution in [2.45, 2.75) is 37.2 Å². The molecule has 0 radical (unpaired) electrons. The largest absolute Gasteiger partial charge is 0.489 e. The highest BCUT2D eigenvalue weighted by atomic mass is 35.5. The highest BCUT2D eigenvalue weighted by Gasteiger charge is 2.28. The van der Waals surface area contributed by atoms with Crippen molar-refractivity contribution in [1.82, 2.24) is 0 Å². The highest BCUT2D eigenvalue weighted by molar-refractivity contribution is 7.89. The molecule has 27 heavy (non-hydrogen) atoms. The molecule has 4 rings (SSSR count). The third-order valence-corrected chi connectivity index (χ3v) is 6.14. The van der Waals surface area contributed by atoms with E-state index in [0.29, 0.717) is 36.3 Å². The number of rotatable bonds is 3. The van der Waals surface area contributed by atoms with Crippen molar-refractivity contribution in [2.75, 3.05) is 18.1 Å². The van der Waals surface area contributed by atoms with Crippen LogP contribution in [0.4, 0.5) is 5.69 Å². The summed E-state index contributed by atoms with van der Waals surface area (Å²) < 4.78 is 34.7. The summed E-state index contributed by atoms with van der Waals surface area (Å²) in [4.78, 5) is 2.38. The van der Waals surface area contributed by atoms with E-state index in [1.54, 1.807) is 12.1 Å². The van der Waals surface area contributed by atoms with Crippen LogP contribution in [0.1, 0.15) is 24.5 Å². The minimum atomic E-state index is -3.70. The SMILES string of the molecule is C[C@@H]1Cc2cc(S(N)(=O)=O)ccc2N1Cc1cc(Cl)c2c(c1)OCCCO2. The highest BCUT2D eigenvalue weighted by Crippen LogP contribution is 2.40. The van der Waals surface area contributed by atoms with Gasteiger partial charge in [-0.15, -0.1) is 0 Å². The Morgan fingerprint density at radius 2 is 2.00 bits per heavy atom. The van der Waals surface area contributed by atoms with E-state index < -0.39 is 10.0 Å². The molecule has 2 aromatic carbocycles. The second-order valence-corrected chi connectivity index (χ2v) is 8.94. The zero-order valence-electron chi connectivity index (χ0n) is 14.9. The number of hydrogen-bond acceptors (Lipinski definition) is 5. The van der Waals surface area contributed by atoms with Crippen LogP contribution in [0.5, 0.6) is 11.5 Å². The number of fused-ring (bicyclic) bond motifs is 2. The molecule has 2 heterocycles. The molecule has 0 saturated heterocycles. The Bertz CT molecular complexity index is 993. The molecule has 0 saturated carbocycles. The van der Waals surface area contributed by atoms with Crippen LogP contribution >= 0.6 is 11.6 Å². The fourth-order valence-corrected chi connectivity index (χ4v) is 4.51. The number of nitrogens with two attached hydrogens (primary N) is 1. The molecular weight excluding hydrogens is 388 g/mol. The van der Waals surface area contributed by atoms with Crippen molar-refractivity contribution < 1.29 is 17.9 Å². The Morgan fingerprint density at radius 1 is 1.22 bits per heavy atom. The normalized spacial score (nSPS) is 18.9. The van der Waals surface area contributed by atoms with Crippen molar-refractivity contribution in [1.29, 1.82) is 0 Å². The van der Waals surface area contributed by atoms with Gasteiger partial charge in [-0.2, -0.15) is 0 Å². The molecule has 0 amide bonds. The molecule has 2 N–H and O–H groups in total. The molecule has 8 heteroatoms. The first-order valence-electron chi connectivity index (χ1n) is 8.83. The zero-order chi connectivity index (χ0) is 19.2. The average Bonchev–Trinajstić information content (AvgIpc) is 2.77. The minimum Gasteiger partial charge on any atom is -0.489 e. The Balaban J connectivity index is 1.65. The second-order valence-electron chi connectivity index (χ2n) is 6.97. The molecule has 0 bridgehead atoms. The van der Waals surface area contributed by atoms with E-state index in [1.807, 2.05) is 18.2 Å². The van der Waals surface area contributed by atoms with Crippen LogP contribution in [-0.2, 0) is 23.0 Å². The van der Waals surface area contributed by atoms with Gasteiger partial charge in [-0.1, -0.05) is 11.6 Å². The van der Waals surface area contributed by atoms with Crippen LogP contribution in [0.2, 0.25) is 5.02 Å². The molecule has 0 unspecified atom stereocenters. The lowest BCUT2D eigenvalue weighted by Crippen LogP contribution is -2.28. The third-order valence-electron chi connectivity index (χ3n) is 4.95. The third kappa shape index (κ3) is 3.59. The standard InChI is InChI=1S/C19H21ClN2O4S/c1-12-7-14-10-15(27(21,23)24)3-4-17(14)22(12)11-13-8-16(20)19-18(9-13)25-5-2-6-26-19/h3-4,8-10,12H,2,5-7,11H2,1H3,(H2,21,23,24)/t12-/m1/s1. The van der Waals surface area contributed by atoms with Crippen LogP contribution in [0.15, 0.2) is 35.2 Å². The van der Waals surface area contributed by atoms with Crippen molar-refractivity contribution in [3.05, 3.63) is 46.5 Å². The molecule has 0 fully saturated rings. The second kappa shape index (κ2) is 6.89. The average molecular weight is 409 g/mol. The monoisotopic (exact) mass is 408 g/mol. The van der Waals surface area contributed by atoms with Crippen LogP contribution in [-0.4, -0.2) is 27.7 Å². The lowest BCUT2D eigenvalue weighted by atomic mass is 10.1. The summed E-state index contributed by atoms with van der Waals surface area (Å²) in [7, 11) is -3.70. The smallest absolute Gasteiger partial charge is 0.238 e. The minimum absolute atomic E-state index is 0.147. The van der Waals surface area contributed by atoms with E-state index in [2.05, 4.69) is 11.8 Å². The predicted octanol–water partition coefficient (Wildman–Crippen LogP) is 3.10. The van der Waals surface area contributed by atoms with E-state index in [-0.39, 0.29) is 10.9 Å². The molecule has 1 atom stereocenters. The van der Waals surface area contributed by atoms with Gasteiger partial charge in [0.2, 0.25) is 10.0 Å². The lowest BCUT2D eigenvalue weighted by Gasteiger charge is -2.25. The van der Waals surface area contributed by atoms with Gasteiger partial charge in [-0.25, -0.2) is 13.6 Å². The maximum Gasteiger partial charge on any atom is 0.238 e. The number of ether oxygens (including phenoxy) is 2. The maximum atomic E-state index is 11.6. The Morgan fingerprint density at radius 3 is 2.78 bits per heavy atom. The summed E-state index contributed by atoms with van der Waals surface area (Å²) >= 11 is 6.41. The molecule has 0 aliphatic carbocycles. The first-order valence-corrected chi connectivity index (χ1v) is 10.8. The van der Waals surface area contributed by atoms with Crippen LogP contribution in [0.25, 0.3) is 0 Å². The zero-order valence-corrected chi connectivity index (χ0v) is 16.5.